The molecular weight excluding hydrogens is 352 g/mol. The third-order valence-corrected chi connectivity index (χ3v) is 5.59. The number of benzene rings is 5. The Balaban J connectivity index is 1.94. The third kappa shape index (κ3) is 2.96. The van der Waals surface area contributed by atoms with E-state index < -0.39 is 0 Å². The van der Waals surface area contributed by atoms with Crippen LogP contribution in [0, 0.1) is 13.8 Å². The Labute approximate surface area is 171 Å². The predicted octanol–water partition coefficient (Wildman–Crippen LogP) is 8.07. The van der Waals surface area contributed by atoms with Crippen LogP contribution in [0.4, 0.5) is 0 Å². The fourth-order valence-corrected chi connectivity index (χ4v) is 4.21. The van der Waals surface area contributed by atoms with E-state index in [-0.39, 0.29) is 0 Å². The second-order valence-corrected chi connectivity index (χ2v) is 7.48. The van der Waals surface area contributed by atoms with Crippen molar-refractivity contribution >= 4 is 21.5 Å². The van der Waals surface area contributed by atoms with Gasteiger partial charge in [-0.25, -0.2) is 0 Å². The van der Waals surface area contributed by atoms with Gasteiger partial charge in [0.15, 0.2) is 0 Å². The van der Waals surface area contributed by atoms with Gasteiger partial charge in [0.25, 0.3) is 0 Å². The van der Waals surface area contributed by atoms with Crippen molar-refractivity contribution in [1.29, 1.82) is 0 Å². The van der Waals surface area contributed by atoms with E-state index in [0.717, 1.165) is 16.9 Å². The van der Waals surface area contributed by atoms with Crippen molar-refractivity contribution in [3.05, 3.63) is 108 Å². The minimum atomic E-state index is 0.853. The van der Waals surface area contributed by atoms with Gasteiger partial charge in [0.05, 0.1) is 0 Å². The molecule has 0 bridgehead atoms. The summed E-state index contributed by atoms with van der Waals surface area (Å²) in [4.78, 5) is 0. The average Bonchev–Trinajstić information content (AvgIpc) is 2.75. The van der Waals surface area contributed by atoms with Gasteiger partial charge in [0, 0.05) is 10.8 Å². The largest absolute Gasteiger partial charge is 0.456 e. The topological polar surface area (TPSA) is 9.23 Å². The Bertz CT molecular complexity index is 1330. The van der Waals surface area contributed by atoms with Gasteiger partial charge in [-0.15, -0.1) is 0 Å². The first-order valence-electron chi connectivity index (χ1n) is 9.97. The average molecular weight is 374 g/mol. The standard InChI is InChI=1S/C28H22O/c1-19-11-6-7-15-22(19)27-23-16-8-9-17-24(23)28(29-21-13-4-3-5-14-21)26-20(2)12-10-18-25(26)27/h3-18H,1-2H3. The number of hydrogen-bond acceptors (Lipinski definition) is 1. The monoisotopic (exact) mass is 374 g/mol. The first-order chi connectivity index (χ1) is 14.2. The lowest BCUT2D eigenvalue weighted by Gasteiger charge is -2.19. The van der Waals surface area contributed by atoms with E-state index in [1.165, 1.54) is 38.4 Å². The maximum absolute atomic E-state index is 6.51. The lowest BCUT2D eigenvalue weighted by atomic mass is 9.88. The molecule has 0 aromatic heterocycles. The van der Waals surface area contributed by atoms with Crippen molar-refractivity contribution < 1.29 is 4.74 Å². The summed E-state index contributed by atoms with van der Waals surface area (Å²) in [5.41, 5.74) is 5.04. The molecule has 0 aliphatic carbocycles. The van der Waals surface area contributed by atoms with Crippen LogP contribution in [0.2, 0.25) is 0 Å². The van der Waals surface area contributed by atoms with Gasteiger partial charge in [-0.1, -0.05) is 84.9 Å². The third-order valence-electron chi connectivity index (χ3n) is 5.59. The molecule has 5 aromatic carbocycles. The van der Waals surface area contributed by atoms with Gasteiger partial charge in [-0.2, -0.15) is 0 Å². The number of fused-ring (bicyclic) bond motifs is 2. The molecule has 0 aliphatic heterocycles. The quantitative estimate of drug-likeness (QED) is 0.290. The highest BCUT2D eigenvalue weighted by molar-refractivity contribution is 6.18. The van der Waals surface area contributed by atoms with Gasteiger partial charge >= 0.3 is 0 Å². The highest BCUT2D eigenvalue weighted by Crippen LogP contribution is 2.46. The Morgan fingerprint density at radius 3 is 1.93 bits per heavy atom. The van der Waals surface area contributed by atoms with Crippen LogP contribution in [-0.2, 0) is 0 Å². The zero-order chi connectivity index (χ0) is 19.8. The molecule has 0 amide bonds. The fourth-order valence-electron chi connectivity index (χ4n) is 4.21. The van der Waals surface area contributed by atoms with Crippen molar-refractivity contribution in [3.63, 3.8) is 0 Å². The van der Waals surface area contributed by atoms with Crippen molar-refractivity contribution in [3.8, 4) is 22.6 Å². The minimum Gasteiger partial charge on any atom is -0.456 e. The molecule has 0 N–H and O–H groups in total. The van der Waals surface area contributed by atoms with Crippen molar-refractivity contribution in [2.24, 2.45) is 0 Å². The van der Waals surface area contributed by atoms with Crippen molar-refractivity contribution in [2.45, 2.75) is 13.8 Å². The van der Waals surface area contributed by atoms with Gasteiger partial charge in [0.2, 0.25) is 0 Å². The number of hydrogen-bond donors (Lipinski definition) is 0. The van der Waals surface area contributed by atoms with E-state index in [2.05, 4.69) is 80.6 Å². The van der Waals surface area contributed by atoms with Crippen LogP contribution in [0.1, 0.15) is 11.1 Å². The fraction of sp³-hybridized carbons (Fsp3) is 0.0714. The highest BCUT2D eigenvalue weighted by Gasteiger charge is 2.18. The lowest BCUT2D eigenvalue weighted by Crippen LogP contribution is -1.94. The first kappa shape index (κ1) is 17.5. The molecule has 5 rings (SSSR count). The highest BCUT2D eigenvalue weighted by atomic mass is 16.5. The number of rotatable bonds is 3. The van der Waals surface area contributed by atoms with E-state index in [0.29, 0.717) is 0 Å². The summed E-state index contributed by atoms with van der Waals surface area (Å²) >= 11 is 0. The van der Waals surface area contributed by atoms with Gasteiger partial charge in [-0.3, -0.25) is 0 Å². The summed E-state index contributed by atoms with van der Waals surface area (Å²) in [6, 6.07) is 33.7. The van der Waals surface area contributed by atoms with Crippen LogP contribution in [0.3, 0.4) is 0 Å². The molecule has 0 saturated heterocycles. The maximum atomic E-state index is 6.51. The Morgan fingerprint density at radius 2 is 1.14 bits per heavy atom. The molecule has 0 unspecified atom stereocenters. The van der Waals surface area contributed by atoms with Gasteiger partial charge in [0.1, 0.15) is 11.5 Å². The van der Waals surface area contributed by atoms with Crippen LogP contribution >= 0.6 is 0 Å². The summed E-state index contributed by atoms with van der Waals surface area (Å²) in [6.45, 7) is 4.34. The first-order valence-corrected chi connectivity index (χ1v) is 9.97. The van der Waals surface area contributed by atoms with E-state index in [9.17, 15) is 0 Å². The second-order valence-electron chi connectivity index (χ2n) is 7.48. The Kier molecular flexibility index (Phi) is 4.29. The van der Waals surface area contributed by atoms with E-state index in [1.54, 1.807) is 0 Å². The van der Waals surface area contributed by atoms with Gasteiger partial charge in [-0.05, 0) is 59.0 Å². The van der Waals surface area contributed by atoms with E-state index in [4.69, 9.17) is 4.74 Å². The summed E-state index contributed by atoms with van der Waals surface area (Å²) < 4.78 is 6.51. The molecule has 1 heteroatoms. The van der Waals surface area contributed by atoms with E-state index >= 15 is 0 Å². The molecule has 0 atom stereocenters. The summed E-state index contributed by atoms with van der Waals surface area (Å²) in [6.07, 6.45) is 0. The van der Waals surface area contributed by atoms with E-state index in [1.807, 2.05) is 30.3 Å². The SMILES string of the molecule is Cc1ccccc1-c1c2ccccc2c(Oc2ccccc2)c2c(C)cccc12. The summed E-state index contributed by atoms with van der Waals surface area (Å²) in [5.74, 6) is 1.78. The van der Waals surface area contributed by atoms with Crippen LogP contribution in [0.15, 0.2) is 97.1 Å². The van der Waals surface area contributed by atoms with Crippen LogP contribution < -0.4 is 4.74 Å². The zero-order valence-electron chi connectivity index (χ0n) is 16.6. The molecule has 0 radical (unpaired) electrons. The molecule has 0 heterocycles. The number of ether oxygens (including phenoxy) is 1. The summed E-state index contributed by atoms with van der Waals surface area (Å²) in [7, 11) is 0. The second kappa shape index (κ2) is 7.10. The minimum absolute atomic E-state index is 0.853. The molecule has 140 valence electrons. The molecule has 1 nitrogen and oxygen atoms in total. The lowest BCUT2D eigenvalue weighted by molar-refractivity contribution is 0.493. The molecular formula is C28H22O. The Morgan fingerprint density at radius 1 is 0.517 bits per heavy atom. The number of aryl methyl sites for hydroxylation is 2. The molecule has 0 spiro atoms. The molecule has 29 heavy (non-hydrogen) atoms. The van der Waals surface area contributed by atoms with Crippen molar-refractivity contribution in [2.75, 3.05) is 0 Å². The van der Waals surface area contributed by atoms with Gasteiger partial charge < -0.3 is 4.74 Å². The smallest absolute Gasteiger partial charge is 0.143 e. The van der Waals surface area contributed by atoms with Crippen molar-refractivity contribution in [1.82, 2.24) is 0 Å². The number of para-hydroxylation sites is 1. The molecule has 5 aromatic rings. The van der Waals surface area contributed by atoms with Crippen LogP contribution in [0.25, 0.3) is 32.7 Å². The zero-order valence-corrected chi connectivity index (χ0v) is 16.6. The maximum Gasteiger partial charge on any atom is 0.143 e. The molecule has 0 aliphatic rings. The molecule has 0 saturated carbocycles. The Hall–Kier alpha value is -3.58. The molecule has 0 fully saturated rings. The normalized spacial score (nSPS) is 11.1. The predicted molar refractivity (Wildman–Crippen MR) is 123 cm³/mol. The summed E-state index contributed by atoms with van der Waals surface area (Å²) in [5, 5.41) is 4.75. The van der Waals surface area contributed by atoms with Crippen LogP contribution in [0.5, 0.6) is 11.5 Å². The van der Waals surface area contributed by atoms with Crippen LogP contribution in [-0.4, -0.2) is 0 Å².